The third kappa shape index (κ3) is 3.92. The van der Waals surface area contributed by atoms with Gasteiger partial charge in [0.15, 0.2) is 0 Å². The SMILES string of the molecule is C#CCCN1CCN(C(=O)c2cc(OC)cc(OC)c2)CC1. The van der Waals surface area contributed by atoms with Crippen molar-refractivity contribution in [2.45, 2.75) is 6.42 Å². The highest BCUT2D eigenvalue weighted by atomic mass is 16.5. The van der Waals surface area contributed by atoms with Crippen molar-refractivity contribution in [3.8, 4) is 23.8 Å². The molecule has 1 aliphatic rings. The standard InChI is InChI=1S/C17H22N2O3/c1-4-5-6-18-7-9-19(10-8-18)17(20)14-11-15(21-2)13-16(12-14)22-3/h1,11-13H,5-10H2,2-3H3. The molecule has 22 heavy (non-hydrogen) atoms. The minimum atomic E-state index is 0.00815. The van der Waals surface area contributed by atoms with Crippen molar-refractivity contribution < 1.29 is 14.3 Å². The molecule has 5 nitrogen and oxygen atoms in total. The van der Waals surface area contributed by atoms with Gasteiger partial charge in [0, 0.05) is 50.8 Å². The quantitative estimate of drug-likeness (QED) is 0.773. The van der Waals surface area contributed by atoms with Gasteiger partial charge >= 0.3 is 0 Å². The Morgan fingerprint density at radius 1 is 1.14 bits per heavy atom. The lowest BCUT2D eigenvalue weighted by Gasteiger charge is -2.34. The maximum atomic E-state index is 12.6. The Balaban J connectivity index is 2.02. The summed E-state index contributed by atoms with van der Waals surface area (Å²) in [5.74, 6) is 3.90. The Bertz CT molecular complexity index is 535. The van der Waals surface area contributed by atoms with Crippen LogP contribution in [0.15, 0.2) is 18.2 Å². The molecule has 0 bridgehead atoms. The molecule has 0 N–H and O–H groups in total. The van der Waals surface area contributed by atoms with Crippen molar-refractivity contribution in [1.82, 2.24) is 9.80 Å². The molecule has 1 heterocycles. The minimum absolute atomic E-state index is 0.00815. The number of terminal acetylenes is 1. The van der Waals surface area contributed by atoms with Crippen LogP contribution in [0.25, 0.3) is 0 Å². The van der Waals surface area contributed by atoms with Crippen LogP contribution in [-0.2, 0) is 0 Å². The van der Waals surface area contributed by atoms with Gasteiger partial charge in [-0.2, -0.15) is 0 Å². The first-order chi connectivity index (χ1) is 10.7. The van der Waals surface area contributed by atoms with E-state index < -0.39 is 0 Å². The Morgan fingerprint density at radius 2 is 1.73 bits per heavy atom. The van der Waals surface area contributed by atoms with Crippen molar-refractivity contribution in [3.05, 3.63) is 23.8 Å². The first kappa shape index (κ1) is 16.2. The van der Waals surface area contributed by atoms with Gasteiger partial charge in [-0.05, 0) is 12.1 Å². The highest BCUT2D eigenvalue weighted by molar-refractivity contribution is 5.95. The smallest absolute Gasteiger partial charge is 0.254 e. The number of rotatable bonds is 5. The zero-order valence-electron chi connectivity index (χ0n) is 13.2. The highest BCUT2D eigenvalue weighted by Crippen LogP contribution is 2.23. The summed E-state index contributed by atoms with van der Waals surface area (Å²) in [5, 5.41) is 0. The van der Waals surface area contributed by atoms with Crippen LogP contribution in [0.2, 0.25) is 0 Å². The molecular weight excluding hydrogens is 280 g/mol. The summed E-state index contributed by atoms with van der Waals surface area (Å²) < 4.78 is 10.4. The summed E-state index contributed by atoms with van der Waals surface area (Å²) in [6, 6.07) is 5.25. The van der Waals surface area contributed by atoms with E-state index in [-0.39, 0.29) is 5.91 Å². The van der Waals surface area contributed by atoms with E-state index in [9.17, 15) is 4.79 Å². The van der Waals surface area contributed by atoms with E-state index in [2.05, 4.69) is 10.8 Å². The van der Waals surface area contributed by atoms with Crippen LogP contribution in [-0.4, -0.2) is 62.7 Å². The molecule has 0 aromatic heterocycles. The van der Waals surface area contributed by atoms with E-state index in [0.717, 1.165) is 26.1 Å². The van der Waals surface area contributed by atoms with E-state index in [4.69, 9.17) is 15.9 Å². The predicted molar refractivity (Wildman–Crippen MR) is 85.3 cm³/mol. The summed E-state index contributed by atoms with van der Waals surface area (Å²) in [6.45, 7) is 4.03. The number of methoxy groups -OCH3 is 2. The molecule has 1 fully saturated rings. The monoisotopic (exact) mass is 302 g/mol. The molecule has 118 valence electrons. The first-order valence-corrected chi connectivity index (χ1v) is 7.36. The van der Waals surface area contributed by atoms with E-state index >= 15 is 0 Å². The lowest BCUT2D eigenvalue weighted by Crippen LogP contribution is -2.48. The average Bonchev–Trinajstić information content (AvgIpc) is 2.59. The Labute approximate surface area is 131 Å². The molecule has 1 amide bonds. The maximum Gasteiger partial charge on any atom is 0.254 e. The number of carbonyl (C=O) groups excluding carboxylic acids is 1. The van der Waals surface area contributed by atoms with Gasteiger partial charge in [0.1, 0.15) is 11.5 Å². The van der Waals surface area contributed by atoms with Gasteiger partial charge in [0.05, 0.1) is 14.2 Å². The second-order valence-corrected chi connectivity index (χ2v) is 5.19. The van der Waals surface area contributed by atoms with E-state index in [1.54, 1.807) is 32.4 Å². The molecule has 1 aromatic rings. The number of hydrogen-bond donors (Lipinski definition) is 0. The largest absolute Gasteiger partial charge is 0.497 e. The molecule has 2 rings (SSSR count). The maximum absolute atomic E-state index is 12.6. The molecule has 0 aliphatic carbocycles. The number of nitrogens with zero attached hydrogens (tertiary/aromatic N) is 2. The van der Waals surface area contributed by atoms with Gasteiger partial charge in [-0.1, -0.05) is 0 Å². The Hall–Kier alpha value is -2.19. The van der Waals surface area contributed by atoms with Gasteiger partial charge in [0.25, 0.3) is 5.91 Å². The molecule has 5 heteroatoms. The van der Waals surface area contributed by atoms with Crippen molar-refractivity contribution in [2.24, 2.45) is 0 Å². The fraction of sp³-hybridized carbons (Fsp3) is 0.471. The number of carbonyl (C=O) groups is 1. The van der Waals surface area contributed by atoms with Crippen molar-refractivity contribution in [1.29, 1.82) is 0 Å². The number of ether oxygens (including phenoxy) is 2. The summed E-state index contributed by atoms with van der Waals surface area (Å²) in [6.07, 6.45) is 6.04. The van der Waals surface area contributed by atoms with E-state index in [1.165, 1.54) is 0 Å². The van der Waals surface area contributed by atoms with Crippen molar-refractivity contribution in [2.75, 3.05) is 46.9 Å². The number of hydrogen-bond acceptors (Lipinski definition) is 4. The van der Waals surface area contributed by atoms with Crippen LogP contribution in [0.4, 0.5) is 0 Å². The second kappa shape index (κ2) is 7.71. The van der Waals surface area contributed by atoms with Crippen LogP contribution in [0.5, 0.6) is 11.5 Å². The fourth-order valence-corrected chi connectivity index (χ4v) is 2.51. The lowest BCUT2D eigenvalue weighted by atomic mass is 10.1. The Kier molecular flexibility index (Phi) is 5.68. The van der Waals surface area contributed by atoms with Crippen LogP contribution in [0, 0.1) is 12.3 Å². The summed E-state index contributed by atoms with van der Waals surface area (Å²) >= 11 is 0. The van der Waals surface area contributed by atoms with Gasteiger partial charge in [-0.25, -0.2) is 0 Å². The number of amides is 1. The molecule has 1 aromatic carbocycles. The molecular formula is C17H22N2O3. The zero-order valence-corrected chi connectivity index (χ0v) is 13.2. The van der Waals surface area contributed by atoms with Crippen molar-refractivity contribution in [3.63, 3.8) is 0 Å². The lowest BCUT2D eigenvalue weighted by molar-refractivity contribution is 0.0639. The summed E-state index contributed by atoms with van der Waals surface area (Å²) in [4.78, 5) is 16.8. The normalized spacial score (nSPS) is 15.2. The van der Waals surface area contributed by atoms with Crippen LogP contribution in [0.1, 0.15) is 16.8 Å². The molecule has 0 unspecified atom stereocenters. The minimum Gasteiger partial charge on any atom is -0.497 e. The van der Waals surface area contributed by atoms with Gasteiger partial charge < -0.3 is 14.4 Å². The van der Waals surface area contributed by atoms with E-state index in [0.29, 0.717) is 30.2 Å². The van der Waals surface area contributed by atoms with E-state index in [1.807, 2.05) is 4.90 Å². The van der Waals surface area contributed by atoms with Crippen molar-refractivity contribution >= 4 is 5.91 Å². The van der Waals surface area contributed by atoms with Crippen LogP contribution < -0.4 is 9.47 Å². The zero-order chi connectivity index (χ0) is 15.9. The van der Waals surface area contributed by atoms with Gasteiger partial charge in [-0.3, -0.25) is 9.69 Å². The summed E-state index contributed by atoms with van der Waals surface area (Å²) in [7, 11) is 3.15. The molecule has 0 atom stereocenters. The topological polar surface area (TPSA) is 42.0 Å². The second-order valence-electron chi connectivity index (χ2n) is 5.19. The third-order valence-corrected chi connectivity index (χ3v) is 3.83. The number of piperazine rings is 1. The summed E-state index contributed by atoms with van der Waals surface area (Å²) in [5.41, 5.74) is 0.591. The first-order valence-electron chi connectivity index (χ1n) is 7.36. The van der Waals surface area contributed by atoms with Crippen LogP contribution in [0.3, 0.4) is 0 Å². The molecule has 0 radical (unpaired) electrons. The predicted octanol–water partition coefficient (Wildman–Crippen LogP) is 1.48. The molecule has 1 aliphatic heterocycles. The van der Waals surface area contributed by atoms with Gasteiger partial charge in [0.2, 0.25) is 0 Å². The third-order valence-electron chi connectivity index (χ3n) is 3.83. The fourth-order valence-electron chi connectivity index (χ4n) is 2.51. The molecule has 0 spiro atoms. The molecule has 1 saturated heterocycles. The van der Waals surface area contributed by atoms with Crippen LogP contribution >= 0.6 is 0 Å². The molecule has 0 saturated carbocycles. The number of benzene rings is 1. The average molecular weight is 302 g/mol. The van der Waals surface area contributed by atoms with Gasteiger partial charge in [-0.15, -0.1) is 12.3 Å². The highest BCUT2D eigenvalue weighted by Gasteiger charge is 2.22. The Morgan fingerprint density at radius 3 is 2.23 bits per heavy atom.